The predicted octanol–water partition coefficient (Wildman–Crippen LogP) is 1.48. The first kappa shape index (κ1) is 14.8. The first-order chi connectivity index (χ1) is 9.06. The molecule has 1 aliphatic carbocycles. The molecule has 2 rings (SSSR count). The average molecular weight is 268 g/mol. The molecule has 1 saturated carbocycles. The summed E-state index contributed by atoms with van der Waals surface area (Å²) in [4.78, 5) is 16.5. The molecular formula is C15H28N2O2. The van der Waals surface area contributed by atoms with E-state index in [4.69, 9.17) is 0 Å². The van der Waals surface area contributed by atoms with Crippen molar-refractivity contribution < 1.29 is 9.90 Å². The Morgan fingerprint density at radius 2 is 2.11 bits per heavy atom. The van der Waals surface area contributed by atoms with Crippen molar-refractivity contribution in [1.29, 1.82) is 0 Å². The van der Waals surface area contributed by atoms with Crippen molar-refractivity contribution in [3.8, 4) is 0 Å². The second-order valence-electron chi connectivity index (χ2n) is 6.38. The molecule has 4 nitrogen and oxygen atoms in total. The van der Waals surface area contributed by atoms with E-state index in [0.29, 0.717) is 12.5 Å². The van der Waals surface area contributed by atoms with Gasteiger partial charge in [0.2, 0.25) is 5.91 Å². The number of aliphatic hydroxyl groups is 1. The number of rotatable bonds is 5. The van der Waals surface area contributed by atoms with Gasteiger partial charge in [0.05, 0.1) is 6.10 Å². The minimum atomic E-state index is -0.284. The first-order valence-corrected chi connectivity index (χ1v) is 7.76. The van der Waals surface area contributed by atoms with Gasteiger partial charge >= 0.3 is 0 Å². The lowest BCUT2D eigenvalue weighted by Gasteiger charge is -2.40. The molecule has 1 amide bonds. The van der Waals surface area contributed by atoms with Crippen molar-refractivity contribution in [2.45, 2.75) is 58.1 Å². The van der Waals surface area contributed by atoms with E-state index < -0.39 is 0 Å². The molecule has 0 radical (unpaired) electrons. The highest BCUT2D eigenvalue weighted by Crippen LogP contribution is 2.30. The average Bonchev–Trinajstić information content (AvgIpc) is 2.25. The van der Waals surface area contributed by atoms with Crippen LogP contribution in [0.15, 0.2) is 0 Å². The molecule has 0 aromatic rings. The van der Waals surface area contributed by atoms with Gasteiger partial charge in [-0.1, -0.05) is 19.3 Å². The maximum atomic E-state index is 12.2. The van der Waals surface area contributed by atoms with Crippen LogP contribution in [0.3, 0.4) is 0 Å². The number of piperazine rings is 1. The number of carbonyl (C=O) groups is 1. The third-order valence-corrected chi connectivity index (χ3v) is 4.55. The maximum absolute atomic E-state index is 12.2. The van der Waals surface area contributed by atoms with E-state index in [9.17, 15) is 9.90 Å². The van der Waals surface area contributed by atoms with Gasteiger partial charge in [-0.15, -0.1) is 0 Å². The molecule has 4 heteroatoms. The van der Waals surface area contributed by atoms with Crippen molar-refractivity contribution in [2.24, 2.45) is 5.92 Å². The molecule has 1 saturated heterocycles. The Kier molecular flexibility index (Phi) is 5.22. The number of carbonyl (C=O) groups excluding carboxylic acids is 1. The second kappa shape index (κ2) is 6.71. The molecule has 0 spiro atoms. The van der Waals surface area contributed by atoms with Crippen molar-refractivity contribution in [3.63, 3.8) is 0 Å². The third kappa shape index (κ3) is 4.18. The predicted molar refractivity (Wildman–Crippen MR) is 75.9 cm³/mol. The summed E-state index contributed by atoms with van der Waals surface area (Å²) < 4.78 is 0. The van der Waals surface area contributed by atoms with Crippen molar-refractivity contribution in [1.82, 2.24) is 9.80 Å². The van der Waals surface area contributed by atoms with E-state index in [1.54, 1.807) is 0 Å². The third-order valence-electron chi connectivity index (χ3n) is 4.55. The van der Waals surface area contributed by atoms with Crippen LogP contribution in [0.4, 0.5) is 0 Å². The molecule has 1 heterocycles. The second-order valence-corrected chi connectivity index (χ2v) is 6.38. The van der Waals surface area contributed by atoms with Gasteiger partial charge in [0.1, 0.15) is 0 Å². The molecule has 2 aliphatic rings. The van der Waals surface area contributed by atoms with Crippen LogP contribution in [0.25, 0.3) is 0 Å². The fraction of sp³-hybridized carbons (Fsp3) is 0.933. The minimum absolute atomic E-state index is 0.279. The van der Waals surface area contributed by atoms with Crippen LogP contribution in [-0.4, -0.2) is 59.1 Å². The molecular weight excluding hydrogens is 240 g/mol. The van der Waals surface area contributed by atoms with E-state index in [0.717, 1.165) is 38.4 Å². The lowest BCUT2D eigenvalue weighted by molar-refractivity contribution is -0.136. The molecule has 110 valence electrons. The van der Waals surface area contributed by atoms with Crippen LogP contribution < -0.4 is 0 Å². The summed E-state index contributed by atoms with van der Waals surface area (Å²) in [5.41, 5.74) is 0. The normalized spacial score (nSPS) is 27.1. The zero-order valence-corrected chi connectivity index (χ0v) is 12.3. The summed E-state index contributed by atoms with van der Waals surface area (Å²) >= 11 is 0. The zero-order valence-electron chi connectivity index (χ0n) is 12.3. The van der Waals surface area contributed by atoms with Gasteiger partial charge < -0.3 is 10.0 Å². The van der Waals surface area contributed by atoms with Crippen LogP contribution in [0.5, 0.6) is 0 Å². The largest absolute Gasteiger partial charge is 0.392 e. The monoisotopic (exact) mass is 268 g/mol. The lowest BCUT2D eigenvalue weighted by atomic mass is 9.82. The Balaban J connectivity index is 1.73. The molecule has 1 aliphatic heterocycles. The topological polar surface area (TPSA) is 43.8 Å². The summed E-state index contributed by atoms with van der Waals surface area (Å²) in [5.74, 6) is 1.15. The standard InChI is InChI=1S/C15H28N2O2/c1-12-10-16(11-13(2)18)8-9-17(12)15(19)7-6-14-4-3-5-14/h12-14,18H,3-11H2,1-2H3/t12-,13-/m0/s1. The molecule has 0 unspecified atom stereocenters. The number of hydrogen-bond donors (Lipinski definition) is 1. The first-order valence-electron chi connectivity index (χ1n) is 7.76. The Labute approximate surface area is 116 Å². The van der Waals surface area contributed by atoms with Gasteiger partial charge in [-0.05, 0) is 26.2 Å². The molecule has 2 atom stereocenters. The van der Waals surface area contributed by atoms with Gasteiger partial charge in [-0.25, -0.2) is 0 Å². The van der Waals surface area contributed by atoms with E-state index in [2.05, 4.69) is 11.8 Å². The zero-order chi connectivity index (χ0) is 13.8. The Bertz CT molecular complexity index is 303. The number of hydrogen-bond acceptors (Lipinski definition) is 3. The highest BCUT2D eigenvalue weighted by atomic mass is 16.3. The van der Waals surface area contributed by atoms with Gasteiger partial charge in [0, 0.05) is 38.6 Å². The van der Waals surface area contributed by atoms with Gasteiger partial charge in [0.15, 0.2) is 0 Å². The van der Waals surface area contributed by atoms with Gasteiger partial charge in [0.25, 0.3) is 0 Å². The molecule has 2 fully saturated rings. The van der Waals surface area contributed by atoms with Crippen molar-refractivity contribution in [3.05, 3.63) is 0 Å². The summed E-state index contributed by atoms with van der Waals surface area (Å²) in [5, 5.41) is 9.42. The number of amides is 1. The fourth-order valence-electron chi connectivity index (χ4n) is 3.20. The van der Waals surface area contributed by atoms with Crippen molar-refractivity contribution in [2.75, 3.05) is 26.2 Å². The lowest BCUT2D eigenvalue weighted by Crippen LogP contribution is -2.55. The number of aliphatic hydroxyl groups excluding tert-OH is 1. The molecule has 19 heavy (non-hydrogen) atoms. The number of nitrogens with zero attached hydrogens (tertiary/aromatic N) is 2. The maximum Gasteiger partial charge on any atom is 0.222 e. The Morgan fingerprint density at radius 1 is 1.37 bits per heavy atom. The summed E-state index contributed by atoms with van der Waals surface area (Å²) in [7, 11) is 0. The minimum Gasteiger partial charge on any atom is -0.392 e. The summed E-state index contributed by atoms with van der Waals surface area (Å²) in [6.07, 6.45) is 5.53. The van der Waals surface area contributed by atoms with E-state index >= 15 is 0 Å². The van der Waals surface area contributed by atoms with Gasteiger partial charge in [-0.3, -0.25) is 9.69 Å². The van der Waals surface area contributed by atoms with E-state index in [1.807, 2.05) is 11.8 Å². The molecule has 0 aromatic carbocycles. The highest BCUT2D eigenvalue weighted by molar-refractivity contribution is 5.76. The summed E-state index contributed by atoms with van der Waals surface area (Å²) in [6, 6.07) is 0.279. The SMILES string of the molecule is C[C@H](O)CN1CCN(C(=O)CCC2CCC2)[C@@H](C)C1. The fourth-order valence-corrected chi connectivity index (χ4v) is 3.20. The van der Waals surface area contributed by atoms with Crippen molar-refractivity contribution >= 4 is 5.91 Å². The van der Waals surface area contributed by atoms with Crippen LogP contribution in [0, 0.1) is 5.92 Å². The molecule has 0 aromatic heterocycles. The van der Waals surface area contributed by atoms with Gasteiger partial charge in [-0.2, -0.15) is 0 Å². The molecule has 0 bridgehead atoms. The van der Waals surface area contributed by atoms with E-state index in [-0.39, 0.29) is 12.1 Å². The molecule has 1 N–H and O–H groups in total. The number of β-amino-alcohol motifs (C(OH)–C–C–N with tert-alkyl or cyclic N) is 1. The Morgan fingerprint density at radius 3 is 2.63 bits per heavy atom. The van der Waals surface area contributed by atoms with Crippen LogP contribution >= 0.6 is 0 Å². The summed E-state index contributed by atoms with van der Waals surface area (Å²) in [6.45, 7) is 7.26. The van der Waals surface area contributed by atoms with Crippen LogP contribution in [0.2, 0.25) is 0 Å². The smallest absolute Gasteiger partial charge is 0.222 e. The van der Waals surface area contributed by atoms with Crippen LogP contribution in [-0.2, 0) is 4.79 Å². The highest BCUT2D eigenvalue weighted by Gasteiger charge is 2.28. The Hall–Kier alpha value is -0.610. The van der Waals surface area contributed by atoms with Crippen LogP contribution in [0.1, 0.15) is 46.0 Å². The quantitative estimate of drug-likeness (QED) is 0.821. The van der Waals surface area contributed by atoms with E-state index in [1.165, 1.54) is 19.3 Å².